The molecule has 206 valence electrons. The van der Waals surface area contributed by atoms with Crippen molar-refractivity contribution in [1.29, 1.82) is 0 Å². The maximum atomic E-state index is 12.6. The monoisotopic (exact) mass is 548 g/mol. The highest BCUT2D eigenvalue weighted by atomic mass is 16.5. The zero-order valence-electron chi connectivity index (χ0n) is 22.8. The molecule has 2 amide bonds. The standard InChI is InChI=1S/C33H28N2O6/c1-22(36)34(28-14-8-25(9-15-28)5-4-24-6-10-26(11-7-24)32(38)39)30-18-20-31(21-19-30)35(23(2)37)29-16-12-27(13-17-29)33(40)41-3/h4-21H,1-3H3,(H,38,39). The largest absolute Gasteiger partial charge is 0.478 e. The van der Waals surface area contributed by atoms with Crippen LogP contribution >= 0.6 is 0 Å². The van der Waals surface area contributed by atoms with Crippen LogP contribution in [0.1, 0.15) is 45.7 Å². The number of esters is 1. The van der Waals surface area contributed by atoms with Crippen LogP contribution in [-0.2, 0) is 14.3 Å². The summed E-state index contributed by atoms with van der Waals surface area (Å²) in [6.45, 7) is 2.93. The summed E-state index contributed by atoms with van der Waals surface area (Å²) in [5, 5.41) is 9.04. The maximum absolute atomic E-state index is 12.6. The molecule has 0 saturated carbocycles. The van der Waals surface area contributed by atoms with Gasteiger partial charge in [0.1, 0.15) is 0 Å². The van der Waals surface area contributed by atoms with Gasteiger partial charge in [0.25, 0.3) is 0 Å². The number of carboxylic acid groups (broad SMARTS) is 1. The van der Waals surface area contributed by atoms with Crippen molar-refractivity contribution in [3.05, 3.63) is 119 Å². The van der Waals surface area contributed by atoms with Gasteiger partial charge in [-0.05, 0) is 83.9 Å². The minimum atomic E-state index is -0.969. The summed E-state index contributed by atoms with van der Waals surface area (Å²) < 4.78 is 4.74. The Kier molecular flexibility index (Phi) is 8.74. The van der Waals surface area contributed by atoms with Gasteiger partial charge in [0.15, 0.2) is 0 Å². The molecule has 0 aliphatic rings. The number of rotatable bonds is 8. The van der Waals surface area contributed by atoms with E-state index in [-0.39, 0.29) is 17.4 Å². The molecule has 0 heterocycles. The number of nitrogens with zero attached hydrogens (tertiary/aromatic N) is 2. The van der Waals surface area contributed by atoms with Gasteiger partial charge in [-0.2, -0.15) is 0 Å². The number of aromatic carboxylic acids is 1. The first-order valence-electron chi connectivity index (χ1n) is 12.7. The van der Waals surface area contributed by atoms with Gasteiger partial charge >= 0.3 is 11.9 Å². The lowest BCUT2D eigenvalue weighted by Crippen LogP contribution is -2.24. The van der Waals surface area contributed by atoms with Crippen LogP contribution in [0.15, 0.2) is 97.1 Å². The molecule has 0 aliphatic carbocycles. The first kappa shape index (κ1) is 28.5. The SMILES string of the molecule is COC(=O)c1ccc(N(C(C)=O)c2ccc(N(C(C)=O)c3ccc(C=Cc4ccc(C(=O)O)cc4)cc3)cc2)cc1. The number of ether oxygens (including phenoxy) is 1. The zero-order valence-corrected chi connectivity index (χ0v) is 22.8. The molecule has 0 aromatic heterocycles. The van der Waals surface area contributed by atoms with E-state index in [1.165, 1.54) is 25.9 Å². The maximum Gasteiger partial charge on any atom is 0.337 e. The Hall–Kier alpha value is -5.50. The molecule has 0 spiro atoms. The molecule has 8 nitrogen and oxygen atoms in total. The number of hydrogen-bond donors (Lipinski definition) is 1. The van der Waals surface area contributed by atoms with Gasteiger partial charge in [0.2, 0.25) is 11.8 Å². The van der Waals surface area contributed by atoms with E-state index in [9.17, 15) is 19.2 Å². The van der Waals surface area contributed by atoms with Crippen LogP contribution in [0.4, 0.5) is 22.7 Å². The van der Waals surface area contributed by atoms with Crippen LogP contribution in [-0.4, -0.2) is 36.0 Å². The Balaban J connectivity index is 1.53. The van der Waals surface area contributed by atoms with Crippen molar-refractivity contribution in [2.75, 3.05) is 16.9 Å². The van der Waals surface area contributed by atoms with E-state index in [0.717, 1.165) is 11.1 Å². The van der Waals surface area contributed by atoms with Crippen LogP contribution in [0.3, 0.4) is 0 Å². The Morgan fingerprint density at radius 3 is 1.22 bits per heavy atom. The van der Waals surface area contributed by atoms with Crippen molar-refractivity contribution in [2.45, 2.75) is 13.8 Å². The summed E-state index contributed by atoms with van der Waals surface area (Å²) in [5.74, 6) is -1.82. The molecule has 4 aromatic rings. The zero-order chi connectivity index (χ0) is 29.5. The number of amides is 2. The molecule has 0 radical (unpaired) electrons. The second-order valence-electron chi connectivity index (χ2n) is 9.12. The summed E-state index contributed by atoms with van der Waals surface area (Å²) in [7, 11) is 1.31. The quantitative estimate of drug-likeness (QED) is 0.194. The third-order valence-electron chi connectivity index (χ3n) is 6.32. The molecule has 8 heteroatoms. The van der Waals surface area contributed by atoms with Gasteiger partial charge in [0, 0.05) is 36.6 Å². The molecular weight excluding hydrogens is 520 g/mol. The second kappa shape index (κ2) is 12.6. The number of carboxylic acids is 1. The first-order valence-corrected chi connectivity index (χ1v) is 12.7. The fourth-order valence-corrected chi connectivity index (χ4v) is 4.30. The van der Waals surface area contributed by atoms with E-state index in [2.05, 4.69) is 0 Å². The highest BCUT2D eigenvalue weighted by Gasteiger charge is 2.18. The molecule has 0 unspecified atom stereocenters. The van der Waals surface area contributed by atoms with Crippen molar-refractivity contribution in [3.63, 3.8) is 0 Å². The lowest BCUT2D eigenvalue weighted by atomic mass is 10.1. The van der Waals surface area contributed by atoms with Gasteiger partial charge in [0.05, 0.1) is 18.2 Å². The Bertz CT molecular complexity index is 1590. The summed E-state index contributed by atoms with van der Waals surface area (Å²) in [6.07, 6.45) is 3.78. The van der Waals surface area contributed by atoms with E-state index in [1.807, 2.05) is 36.4 Å². The third-order valence-corrected chi connectivity index (χ3v) is 6.32. The smallest absolute Gasteiger partial charge is 0.337 e. The topological polar surface area (TPSA) is 104 Å². The van der Waals surface area contributed by atoms with E-state index in [0.29, 0.717) is 28.3 Å². The summed E-state index contributed by atoms with van der Waals surface area (Å²) >= 11 is 0. The molecule has 0 bridgehead atoms. The van der Waals surface area contributed by atoms with Crippen LogP contribution in [0.5, 0.6) is 0 Å². The molecular formula is C33H28N2O6. The Labute approximate surface area is 237 Å². The number of methoxy groups -OCH3 is 1. The first-order chi connectivity index (χ1) is 19.7. The molecule has 4 aromatic carbocycles. The number of hydrogen-bond acceptors (Lipinski definition) is 5. The van der Waals surface area contributed by atoms with Gasteiger partial charge in [-0.15, -0.1) is 0 Å². The second-order valence-corrected chi connectivity index (χ2v) is 9.12. The van der Waals surface area contributed by atoms with Crippen LogP contribution in [0.2, 0.25) is 0 Å². The summed E-state index contributed by atoms with van der Waals surface area (Å²) in [6, 6.07) is 27.6. The van der Waals surface area contributed by atoms with Crippen molar-refractivity contribution in [2.24, 2.45) is 0 Å². The van der Waals surface area contributed by atoms with Crippen LogP contribution in [0.25, 0.3) is 12.2 Å². The van der Waals surface area contributed by atoms with Crippen molar-refractivity contribution in [1.82, 2.24) is 0 Å². The molecule has 41 heavy (non-hydrogen) atoms. The molecule has 0 saturated heterocycles. The van der Waals surface area contributed by atoms with E-state index < -0.39 is 11.9 Å². The normalized spacial score (nSPS) is 10.7. The van der Waals surface area contributed by atoms with Crippen LogP contribution in [0, 0.1) is 0 Å². The molecule has 0 fully saturated rings. The predicted octanol–water partition coefficient (Wildman–Crippen LogP) is 6.71. The molecule has 1 N–H and O–H groups in total. The lowest BCUT2D eigenvalue weighted by Gasteiger charge is -2.24. The average molecular weight is 549 g/mol. The number of carbonyl (C=O) groups is 4. The third kappa shape index (κ3) is 6.75. The predicted molar refractivity (Wildman–Crippen MR) is 159 cm³/mol. The van der Waals surface area contributed by atoms with Gasteiger partial charge in [-0.1, -0.05) is 36.4 Å². The number of carbonyl (C=O) groups excluding carboxylic acids is 3. The van der Waals surface area contributed by atoms with Crippen molar-refractivity contribution in [3.8, 4) is 0 Å². The Morgan fingerprint density at radius 1 is 0.561 bits per heavy atom. The van der Waals surface area contributed by atoms with Gasteiger partial charge in [-0.3, -0.25) is 19.4 Å². The molecule has 0 aliphatic heterocycles. The minimum Gasteiger partial charge on any atom is -0.478 e. The van der Waals surface area contributed by atoms with Gasteiger partial charge in [-0.25, -0.2) is 9.59 Å². The average Bonchev–Trinajstić information content (AvgIpc) is 2.97. The van der Waals surface area contributed by atoms with Crippen LogP contribution < -0.4 is 9.80 Å². The number of benzene rings is 4. The molecule has 4 rings (SSSR count). The van der Waals surface area contributed by atoms with E-state index in [1.54, 1.807) is 77.7 Å². The van der Waals surface area contributed by atoms with E-state index in [4.69, 9.17) is 9.84 Å². The molecule has 0 atom stereocenters. The lowest BCUT2D eigenvalue weighted by molar-refractivity contribution is -0.116. The fourth-order valence-electron chi connectivity index (χ4n) is 4.30. The highest BCUT2D eigenvalue weighted by Crippen LogP contribution is 2.31. The minimum absolute atomic E-state index is 0.179. The Morgan fingerprint density at radius 2 is 0.878 bits per heavy atom. The van der Waals surface area contributed by atoms with Gasteiger partial charge < -0.3 is 9.84 Å². The summed E-state index contributed by atoms with van der Waals surface area (Å²) in [5.41, 5.74) is 4.88. The van der Waals surface area contributed by atoms with E-state index >= 15 is 0 Å². The van der Waals surface area contributed by atoms with Crippen molar-refractivity contribution >= 4 is 58.7 Å². The number of anilines is 4. The fraction of sp³-hybridized carbons (Fsp3) is 0.0909. The summed E-state index contributed by atoms with van der Waals surface area (Å²) in [4.78, 5) is 51.0. The highest BCUT2D eigenvalue weighted by molar-refractivity contribution is 6.02. The van der Waals surface area contributed by atoms with Crippen molar-refractivity contribution < 1.29 is 29.0 Å².